The van der Waals surface area contributed by atoms with E-state index >= 15 is 0 Å². The average molecular weight is 248 g/mol. The van der Waals surface area contributed by atoms with Crippen LogP contribution >= 0.6 is 0 Å². The molecule has 1 N–H and O–H groups in total. The Kier molecular flexibility index (Phi) is 3.14. The largest absolute Gasteiger partial charge is 0.497 e. The van der Waals surface area contributed by atoms with E-state index in [-0.39, 0.29) is 0 Å². The van der Waals surface area contributed by atoms with E-state index in [0.29, 0.717) is 23.0 Å². The fourth-order valence-electron chi connectivity index (χ4n) is 1.72. The van der Waals surface area contributed by atoms with E-state index in [1.807, 2.05) is 13.8 Å². The molecule has 0 unspecified atom stereocenters. The molecule has 0 radical (unpaired) electrons. The zero-order valence-electron chi connectivity index (χ0n) is 10.9. The van der Waals surface area contributed by atoms with E-state index in [9.17, 15) is 5.21 Å². The number of aromatic nitrogens is 2. The Labute approximate surface area is 106 Å². The van der Waals surface area contributed by atoms with Crippen LogP contribution in [0, 0.1) is 13.8 Å². The van der Waals surface area contributed by atoms with Gasteiger partial charge < -0.3 is 14.7 Å². The van der Waals surface area contributed by atoms with Gasteiger partial charge in [0.1, 0.15) is 11.5 Å². The third kappa shape index (κ3) is 1.99. The van der Waals surface area contributed by atoms with Gasteiger partial charge in [-0.05, 0) is 26.0 Å². The molecular weight excluding hydrogens is 232 g/mol. The number of benzene rings is 1. The molecule has 5 nitrogen and oxygen atoms in total. The molecule has 5 heteroatoms. The standard InChI is InChI=1S/C13H16N2O3/c1-8-9(2)15(16)13(14-8)10-5-11(17-3)7-12(6-10)18-4/h5-7,16H,1-4H3. The normalized spacial score (nSPS) is 10.4. The minimum Gasteiger partial charge on any atom is -0.497 e. The molecule has 1 aromatic heterocycles. The summed E-state index contributed by atoms with van der Waals surface area (Å²) >= 11 is 0. The van der Waals surface area contributed by atoms with Crippen molar-refractivity contribution in [3.8, 4) is 22.9 Å². The van der Waals surface area contributed by atoms with Gasteiger partial charge in [-0.15, -0.1) is 0 Å². The van der Waals surface area contributed by atoms with Crippen LogP contribution in [0.3, 0.4) is 0 Å². The van der Waals surface area contributed by atoms with Crippen LogP contribution in [0.5, 0.6) is 11.5 Å². The van der Waals surface area contributed by atoms with Gasteiger partial charge in [0.05, 0.1) is 25.6 Å². The number of rotatable bonds is 3. The van der Waals surface area contributed by atoms with Crippen LogP contribution in [0.25, 0.3) is 11.4 Å². The molecule has 2 aromatic rings. The number of imidazole rings is 1. The lowest BCUT2D eigenvalue weighted by Crippen LogP contribution is -1.97. The highest BCUT2D eigenvalue weighted by atomic mass is 16.5. The molecule has 0 aliphatic heterocycles. The van der Waals surface area contributed by atoms with Crippen molar-refractivity contribution in [2.45, 2.75) is 13.8 Å². The van der Waals surface area contributed by atoms with Crippen LogP contribution < -0.4 is 9.47 Å². The fourth-order valence-corrected chi connectivity index (χ4v) is 1.72. The van der Waals surface area contributed by atoms with Crippen molar-refractivity contribution in [3.63, 3.8) is 0 Å². The third-order valence-electron chi connectivity index (χ3n) is 2.93. The summed E-state index contributed by atoms with van der Waals surface area (Å²) in [5.74, 6) is 1.78. The third-order valence-corrected chi connectivity index (χ3v) is 2.93. The molecular formula is C13H16N2O3. The van der Waals surface area contributed by atoms with Gasteiger partial charge in [0.2, 0.25) is 0 Å². The Morgan fingerprint density at radius 2 is 1.61 bits per heavy atom. The van der Waals surface area contributed by atoms with Crippen LogP contribution in [-0.4, -0.2) is 29.1 Å². The van der Waals surface area contributed by atoms with Gasteiger partial charge in [-0.25, -0.2) is 4.98 Å². The van der Waals surface area contributed by atoms with E-state index in [4.69, 9.17) is 9.47 Å². The summed E-state index contributed by atoms with van der Waals surface area (Å²) in [6.45, 7) is 3.66. The summed E-state index contributed by atoms with van der Waals surface area (Å²) in [5, 5.41) is 9.97. The summed E-state index contributed by atoms with van der Waals surface area (Å²) in [7, 11) is 3.17. The van der Waals surface area contributed by atoms with Crippen LogP contribution in [0.1, 0.15) is 11.4 Å². The van der Waals surface area contributed by atoms with E-state index in [1.165, 1.54) is 0 Å². The molecule has 0 bridgehead atoms. The Hall–Kier alpha value is -2.17. The highest BCUT2D eigenvalue weighted by molar-refractivity contribution is 5.62. The summed E-state index contributed by atoms with van der Waals surface area (Å²) in [6.07, 6.45) is 0. The lowest BCUT2D eigenvalue weighted by atomic mass is 10.2. The average Bonchev–Trinajstić information content (AvgIpc) is 2.65. The molecule has 0 aliphatic rings. The molecule has 1 aromatic carbocycles. The number of hydrogen-bond donors (Lipinski definition) is 1. The fraction of sp³-hybridized carbons (Fsp3) is 0.308. The molecule has 96 valence electrons. The minimum atomic E-state index is 0.474. The predicted octanol–water partition coefficient (Wildman–Crippen LogP) is 2.42. The van der Waals surface area contributed by atoms with Gasteiger partial charge in [0.25, 0.3) is 0 Å². The van der Waals surface area contributed by atoms with Crippen LogP contribution in [-0.2, 0) is 0 Å². The summed E-state index contributed by atoms with van der Waals surface area (Å²) in [6, 6.07) is 5.38. The highest BCUT2D eigenvalue weighted by Gasteiger charge is 2.14. The Morgan fingerprint density at radius 1 is 1.06 bits per heavy atom. The molecule has 0 amide bonds. The van der Waals surface area contributed by atoms with Crippen LogP contribution in [0.2, 0.25) is 0 Å². The maximum Gasteiger partial charge on any atom is 0.176 e. The monoisotopic (exact) mass is 248 g/mol. The number of ether oxygens (including phenoxy) is 2. The van der Waals surface area contributed by atoms with Gasteiger partial charge in [-0.1, -0.05) is 0 Å². The minimum absolute atomic E-state index is 0.474. The lowest BCUT2D eigenvalue weighted by molar-refractivity contribution is 0.184. The number of nitrogens with zero attached hydrogens (tertiary/aromatic N) is 2. The predicted molar refractivity (Wildman–Crippen MR) is 67.4 cm³/mol. The number of hydrogen-bond acceptors (Lipinski definition) is 4. The van der Waals surface area contributed by atoms with E-state index in [1.54, 1.807) is 32.4 Å². The maximum atomic E-state index is 9.97. The van der Waals surface area contributed by atoms with Crippen molar-refractivity contribution in [2.75, 3.05) is 14.2 Å². The van der Waals surface area contributed by atoms with Crippen LogP contribution in [0.15, 0.2) is 18.2 Å². The van der Waals surface area contributed by atoms with Crippen LogP contribution in [0.4, 0.5) is 0 Å². The lowest BCUT2D eigenvalue weighted by Gasteiger charge is -2.08. The molecule has 0 atom stereocenters. The van der Waals surface area contributed by atoms with Gasteiger partial charge in [0.15, 0.2) is 5.82 Å². The van der Waals surface area contributed by atoms with Gasteiger partial charge in [0, 0.05) is 11.6 Å². The molecule has 0 fully saturated rings. The van der Waals surface area contributed by atoms with E-state index in [0.717, 1.165) is 16.0 Å². The van der Waals surface area contributed by atoms with Crippen molar-refractivity contribution in [1.82, 2.24) is 9.71 Å². The zero-order chi connectivity index (χ0) is 13.3. The number of methoxy groups -OCH3 is 2. The van der Waals surface area contributed by atoms with E-state index in [2.05, 4.69) is 4.98 Å². The molecule has 2 rings (SSSR count). The Balaban J connectivity index is 2.59. The Morgan fingerprint density at radius 3 is 2.00 bits per heavy atom. The first-order valence-electron chi connectivity index (χ1n) is 5.55. The molecule has 18 heavy (non-hydrogen) atoms. The second kappa shape index (κ2) is 4.60. The van der Waals surface area contributed by atoms with Crippen molar-refractivity contribution in [1.29, 1.82) is 0 Å². The second-order valence-electron chi connectivity index (χ2n) is 4.02. The summed E-state index contributed by atoms with van der Waals surface area (Å²) < 4.78 is 11.5. The molecule has 0 spiro atoms. The van der Waals surface area contributed by atoms with Crippen molar-refractivity contribution in [3.05, 3.63) is 29.6 Å². The summed E-state index contributed by atoms with van der Waals surface area (Å²) in [5.41, 5.74) is 2.24. The summed E-state index contributed by atoms with van der Waals surface area (Å²) in [4.78, 5) is 4.33. The van der Waals surface area contributed by atoms with Crippen molar-refractivity contribution < 1.29 is 14.7 Å². The zero-order valence-corrected chi connectivity index (χ0v) is 10.9. The van der Waals surface area contributed by atoms with E-state index < -0.39 is 0 Å². The Bertz CT molecular complexity index is 554. The van der Waals surface area contributed by atoms with Crippen molar-refractivity contribution in [2.24, 2.45) is 0 Å². The topological polar surface area (TPSA) is 56.5 Å². The number of aryl methyl sites for hydroxylation is 1. The van der Waals surface area contributed by atoms with Gasteiger partial charge >= 0.3 is 0 Å². The smallest absolute Gasteiger partial charge is 0.176 e. The van der Waals surface area contributed by atoms with Gasteiger partial charge in [-0.2, -0.15) is 4.73 Å². The molecule has 1 heterocycles. The maximum absolute atomic E-state index is 9.97. The quantitative estimate of drug-likeness (QED) is 0.847. The molecule has 0 saturated carbocycles. The van der Waals surface area contributed by atoms with Gasteiger partial charge in [-0.3, -0.25) is 0 Å². The highest BCUT2D eigenvalue weighted by Crippen LogP contribution is 2.29. The SMILES string of the molecule is COc1cc(OC)cc(-c2nc(C)c(C)n2O)c1. The first-order chi connectivity index (χ1) is 8.56. The molecule has 0 aliphatic carbocycles. The first kappa shape index (κ1) is 12.3. The van der Waals surface area contributed by atoms with Crippen molar-refractivity contribution >= 4 is 0 Å². The second-order valence-corrected chi connectivity index (χ2v) is 4.02. The molecule has 0 saturated heterocycles. The first-order valence-corrected chi connectivity index (χ1v) is 5.55.